The first-order valence-electron chi connectivity index (χ1n) is 6.16. The fourth-order valence-electron chi connectivity index (χ4n) is 1.85. The van der Waals surface area contributed by atoms with E-state index in [1.54, 1.807) is 0 Å². The molecular formula is C13H25NOS. The van der Waals surface area contributed by atoms with Crippen molar-refractivity contribution in [2.45, 2.75) is 32.7 Å². The third-order valence-electron chi connectivity index (χ3n) is 3.22. The zero-order valence-electron chi connectivity index (χ0n) is 10.6. The van der Waals surface area contributed by atoms with Gasteiger partial charge in [-0.25, -0.2) is 0 Å². The molecule has 1 saturated heterocycles. The van der Waals surface area contributed by atoms with Gasteiger partial charge in [0.2, 0.25) is 0 Å². The van der Waals surface area contributed by atoms with E-state index in [1.807, 2.05) is 6.08 Å². The zero-order chi connectivity index (χ0) is 11.9. The highest BCUT2D eigenvalue weighted by Gasteiger charge is 2.31. The van der Waals surface area contributed by atoms with Gasteiger partial charge >= 0.3 is 0 Å². The minimum Gasteiger partial charge on any atom is -0.380 e. The van der Waals surface area contributed by atoms with E-state index in [-0.39, 0.29) is 0 Å². The van der Waals surface area contributed by atoms with Crippen molar-refractivity contribution in [3.05, 3.63) is 12.7 Å². The lowest BCUT2D eigenvalue weighted by molar-refractivity contribution is 0.131. The van der Waals surface area contributed by atoms with Crippen LogP contribution in [-0.4, -0.2) is 37.3 Å². The van der Waals surface area contributed by atoms with Crippen LogP contribution in [0.4, 0.5) is 0 Å². The van der Waals surface area contributed by atoms with Gasteiger partial charge in [-0.1, -0.05) is 19.9 Å². The summed E-state index contributed by atoms with van der Waals surface area (Å²) < 4.78 is 5.49. The molecule has 2 nitrogen and oxygen atoms in total. The van der Waals surface area contributed by atoms with Crippen LogP contribution >= 0.6 is 11.8 Å². The third kappa shape index (κ3) is 4.89. The number of nitrogens with one attached hydrogen (secondary N) is 1. The van der Waals surface area contributed by atoms with Gasteiger partial charge in [0.1, 0.15) is 0 Å². The summed E-state index contributed by atoms with van der Waals surface area (Å²) in [5, 5.41) is 3.62. The van der Waals surface area contributed by atoms with E-state index in [4.69, 9.17) is 4.74 Å². The van der Waals surface area contributed by atoms with Crippen LogP contribution < -0.4 is 5.32 Å². The van der Waals surface area contributed by atoms with Gasteiger partial charge in [-0.3, -0.25) is 0 Å². The van der Waals surface area contributed by atoms with Gasteiger partial charge < -0.3 is 10.1 Å². The second kappa shape index (κ2) is 7.36. The molecule has 0 aromatic heterocycles. The predicted molar refractivity (Wildman–Crippen MR) is 73.1 cm³/mol. The molecule has 0 radical (unpaired) electrons. The lowest BCUT2D eigenvalue weighted by Crippen LogP contribution is -2.47. The first-order chi connectivity index (χ1) is 7.67. The van der Waals surface area contributed by atoms with E-state index in [0.29, 0.717) is 11.5 Å². The largest absolute Gasteiger partial charge is 0.380 e. The summed E-state index contributed by atoms with van der Waals surface area (Å²) in [4.78, 5) is 0. The number of rotatable bonds is 7. The molecule has 0 aliphatic carbocycles. The SMILES string of the molecule is C=CCCOCCNC1CSCCC1(C)C. The summed E-state index contributed by atoms with van der Waals surface area (Å²) in [6, 6.07) is 0.634. The summed E-state index contributed by atoms with van der Waals surface area (Å²) in [6.45, 7) is 11.0. The summed E-state index contributed by atoms with van der Waals surface area (Å²) in [5.41, 5.74) is 0.437. The molecule has 0 aromatic carbocycles. The first-order valence-corrected chi connectivity index (χ1v) is 7.32. The maximum atomic E-state index is 5.49. The van der Waals surface area contributed by atoms with Crippen molar-refractivity contribution >= 4 is 11.8 Å². The molecule has 0 saturated carbocycles. The van der Waals surface area contributed by atoms with E-state index >= 15 is 0 Å². The fraction of sp³-hybridized carbons (Fsp3) is 0.846. The smallest absolute Gasteiger partial charge is 0.0591 e. The van der Waals surface area contributed by atoms with E-state index < -0.39 is 0 Å². The Hall–Kier alpha value is 0.0100. The van der Waals surface area contributed by atoms with Crippen LogP contribution in [0.15, 0.2) is 12.7 Å². The Kier molecular flexibility index (Phi) is 6.47. The van der Waals surface area contributed by atoms with Crippen molar-refractivity contribution in [3.8, 4) is 0 Å². The third-order valence-corrected chi connectivity index (χ3v) is 4.28. The van der Waals surface area contributed by atoms with E-state index in [0.717, 1.165) is 26.2 Å². The van der Waals surface area contributed by atoms with Gasteiger partial charge in [0.25, 0.3) is 0 Å². The van der Waals surface area contributed by atoms with Crippen LogP contribution in [0.2, 0.25) is 0 Å². The summed E-state index contributed by atoms with van der Waals surface area (Å²) >= 11 is 2.06. The van der Waals surface area contributed by atoms with Gasteiger partial charge in [0.15, 0.2) is 0 Å². The molecule has 1 aliphatic heterocycles. The monoisotopic (exact) mass is 243 g/mol. The molecule has 1 aliphatic rings. The summed E-state index contributed by atoms with van der Waals surface area (Å²) in [6.07, 6.45) is 4.16. The minimum absolute atomic E-state index is 0.437. The Labute approximate surface area is 104 Å². The highest BCUT2D eigenvalue weighted by molar-refractivity contribution is 7.99. The molecule has 16 heavy (non-hydrogen) atoms. The van der Waals surface area contributed by atoms with Gasteiger partial charge in [0.05, 0.1) is 13.2 Å². The second-order valence-electron chi connectivity index (χ2n) is 5.01. The maximum Gasteiger partial charge on any atom is 0.0591 e. The summed E-state index contributed by atoms with van der Waals surface area (Å²) in [5.74, 6) is 2.54. The molecule has 1 rings (SSSR count). The molecule has 1 heterocycles. The Morgan fingerprint density at radius 2 is 2.31 bits per heavy atom. The van der Waals surface area contributed by atoms with E-state index in [9.17, 15) is 0 Å². The van der Waals surface area contributed by atoms with Crippen molar-refractivity contribution in [2.75, 3.05) is 31.3 Å². The fourth-order valence-corrected chi connectivity index (χ4v) is 3.49. The molecule has 0 aromatic rings. The number of hydrogen-bond donors (Lipinski definition) is 1. The van der Waals surface area contributed by atoms with Gasteiger partial charge in [-0.15, -0.1) is 6.58 Å². The molecule has 0 bridgehead atoms. The minimum atomic E-state index is 0.437. The zero-order valence-corrected chi connectivity index (χ0v) is 11.4. The molecule has 94 valence electrons. The molecule has 1 N–H and O–H groups in total. The summed E-state index contributed by atoms with van der Waals surface area (Å²) in [7, 11) is 0. The number of ether oxygens (including phenoxy) is 1. The standard InChI is InChI=1S/C13H25NOS/c1-4-5-8-15-9-7-14-12-11-16-10-6-13(12,2)3/h4,12,14H,1,5-11H2,2-3H3. The topological polar surface area (TPSA) is 21.3 Å². The van der Waals surface area contributed by atoms with Crippen LogP contribution in [0.1, 0.15) is 26.7 Å². The second-order valence-corrected chi connectivity index (χ2v) is 6.16. The average molecular weight is 243 g/mol. The lowest BCUT2D eigenvalue weighted by Gasteiger charge is -2.38. The van der Waals surface area contributed by atoms with Gasteiger partial charge in [-0.2, -0.15) is 11.8 Å². The molecule has 0 amide bonds. The van der Waals surface area contributed by atoms with Gasteiger partial charge in [0, 0.05) is 18.3 Å². The molecule has 1 unspecified atom stereocenters. The van der Waals surface area contributed by atoms with Crippen LogP contribution in [0.5, 0.6) is 0 Å². The Balaban J connectivity index is 2.09. The van der Waals surface area contributed by atoms with Crippen molar-refractivity contribution in [2.24, 2.45) is 5.41 Å². The van der Waals surface area contributed by atoms with Crippen molar-refractivity contribution < 1.29 is 4.74 Å². The lowest BCUT2D eigenvalue weighted by atomic mass is 9.82. The molecule has 1 atom stereocenters. The molecule has 1 fully saturated rings. The van der Waals surface area contributed by atoms with E-state index in [2.05, 4.69) is 37.5 Å². The number of hydrogen-bond acceptors (Lipinski definition) is 3. The Bertz CT molecular complexity index is 206. The van der Waals surface area contributed by atoms with Crippen LogP contribution in [0.3, 0.4) is 0 Å². The van der Waals surface area contributed by atoms with Crippen molar-refractivity contribution in [1.82, 2.24) is 5.32 Å². The van der Waals surface area contributed by atoms with E-state index in [1.165, 1.54) is 17.9 Å². The molecular weight excluding hydrogens is 218 g/mol. The Morgan fingerprint density at radius 3 is 3.00 bits per heavy atom. The van der Waals surface area contributed by atoms with Crippen molar-refractivity contribution in [1.29, 1.82) is 0 Å². The predicted octanol–water partition coefficient (Wildman–Crippen LogP) is 2.70. The first kappa shape index (κ1) is 14.1. The van der Waals surface area contributed by atoms with Crippen LogP contribution in [0.25, 0.3) is 0 Å². The van der Waals surface area contributed by atoms with Crippen molar-refractivity contribution in [3.63, 3.8) is 0 Å². The van der Waals surface area contributed by atoms with Gasteiger partial charge in [-0.05, 0) is 24.0 Å². The highest BCUT2D eigenvalue weighted by Crippen LogP contribution is 2.33. The maximum absolute atomic E-state index is 5.49. The van der Waals surface area contributed by atoms with Crippen LogP contribution in [0, 0.1) is 5.41 Å². The van der Waals surface area contributed by atoms with Crippen LogP contribution in [-0.2, 0) is 4.74 Å². The average Bonchev–Trinajstić information content (AvgIpc) is 2.25. The normalized spacial score (nSPS) is 24.2. The molecule has 3 heteroatoms. The number of thioether (sulfide) groups is 1. The quantitative estimate of drug-likeness (QED) is 0.549. The Morgan fingerprint density at radius 1 is 1.50 bits per heavy atom. The highest BCUT2D eigenvalue weighted by atomic mass is 32.2. The molecule has 0 spiro atoms.